The van der Waals surface area contributed by atoms with Gasteiger partial charge < -0.3 is 9.67 Å². The van der Waals surface area contributed by atoms with Crippen LogP contribution in [0.2, 0.25) is 0 Å². The van der Waals surface area contributed by atoms with Crippen molar-refractivity contribution in [1.82, 2.24) is 9.55 Å². The van der Waals surface area contributed by atoms with Crippen LogP contribution in [0.5, 0.6) is 0 Å². The number of allylic oxidation sites excluding steroid dienone is 5. The highest BCUT2D eigenvalue weighted by Crippen LogP contribution is 2.67. The zero-order chi connectivity index (χ0) is 26.0. The number of imidazole rings is 1. The van der Waals surface area contributed by atoms with Crippen LogP contribution in [0.3, 0.4) is 0 Å². The highest BCUT2D eigenvalue weighted by Gasteiger charge is 2.62. The van der Waals surface area contributed by atoms with Crippen molar-refractivity contribution in [1.29, 1.82) is 0 Å². The van der Waals surface area contributed by atoms with Gasteiger partial charge in [0.1, 0.15) is 0 Å². The predicted molar refractivity (Wildman–Crippen MR) is 134 cm³/mol. The molecule has 7 heteroatoms. The van der Waals surface area contributed by atoms with Gasteiger partial charge in [0.2, 0.25) is 0 Å². The number of ketones is 1. The zero-order valence-electron chi connectivity index (χ0n) is 20.8. The summed E-state index contributed by atoms with van der Waals surface area (Å²) in [5.41, 5.74) is 3.64. The highest BCUT2D eigenvalue weighted by molar-refractivity contribution is 5.93. The molecule has 1 aromatic carbocycles. The summed E-state index contributed by atoms with van der Waals surface area (Å²) >= 11 is 0. The summed E-state index contributed by atoms with van der Waals surface area (Å²) in [7, 11) is 0. The van der Waals surface area contributed by atoms with E-state index >= 15 is 0 Å². The molecule has 0 amide bonds. The molecular formula is C30H31F3N2O2. The lowest BCUT2D eigenvalue weighted by Crippen LogP contribution is -2.50. The standard InChI is InChI=1S/C30H31F3N2O2/c1-28-17-25(19-2-5-21(6-3-19)35-15-14-34-18-35)27-23-9-7-22(36)16-20(23)4-8-24(27)26(28)10-11-29(28,37)12-13-30(31,32)33/h2-3,5-6,12-16,18,24-26,37H,4,7-11,17H2,1H3/b13-12+/t24?,25-,26?,28+,29-/m1/s1. The third kappa shape index (κ3) is 4.02. The van der Waals surface area contributed by atoms with E-state index in [0.29, 0.717) is 25.7 Å². The average molecular weight is 509 g/mol. The monoisotopic (exact) mass is 508 g/mol. The quantitative estimate of drug-likeness (QED) is 0.474. The Morgan fingerprint density at radius 3 is 2.62 bits per heavy atom. The Balaban J connectivity index is 1.46. The first-order chi connectivity index (χ1) is 17.6. The van der Waals surface area contributed by atoms with Gasteiger partial charge in [0, 0.05) is 41.9 Å². The third-order valence-electron chi connectivity index (χ3n) is 9.60. The number of halogens is 3. The maximum absolute atomic E-state index is 13.2. The van der Waals surface area contributed by atoms with Gasteiger partial charge in [-0.15, -0.1) is 0 Å². The first-order valence-electron chi connectivity index (χ1n) is 13.1. The predicted octanol–water partition coefficient (Wildman–Crippen LogP) is 6.62. The molecule has 6 rings (SSSR count). The second kappa shape index (κ2) is 8.55. The minimum absolute atomic E-state index is 0.0288. The van der Waals surface area contributed by atoms with Gasteiger partial charge in [0.15, 0.2) is 5.78 Å². The van der Waals surface area contributed by atoms with Crippen molar-refractivity contribution < 1.29 is 23.1 Å². The third-order valence-corrected chi connectivity index (χ3v) is 9.60. The van der Waals surface area contributed by atoms with Crippen LogP contribution in [0.25, 0.3) is 5.69 Å². The van der Waals surface area contributed by atoms with E-state index in [1.165, 1.54) is 11.1 Å². The van der Waals surface area contributed by atoms with Crippen molar-refractivity contribution in [3.63, 3.8) is 0 Å². The van der Waals surface area contributed by atoms with E-state index in [9.17, 15) is 23.1 Å². The molecule has 2 saturated carbocycles. The largest absolute Gasteiger partial charge is 0.409 e. The maximum atomic E-state index is 13.2. The van der Waals surface area contributed by atoms with Gasteiger partial charge in [0.25, 0.3) is 0 Å². The molecule has 0 saturated heterocycles. The molecule has 0 aliphatic heterocycles. The number of fused-ring (bicyclic) bond motifs is 4. The van der Waals surface area contributed by atoms with E-state index < -0.39 is 17.2 Å². The van der Waals surface area contributed by atoms with Gasteiger partial charge >= 0.3 is 6.18 Å². The number of hydrogen-bond acceptors (Lipinski definition) is 3. The number of aliphatic hydroxyl groups is 1. The highest BCUT2D eigenvalue weighted by atomic mass is 19.4. The summed E-state index contributed by atoms with van der Waals surface area (Å²) in [4.78, 5) is 16.3. The Hall–Kier alpha value is -2.93. The maximum Gasteiger partial charge on any atom is 0.409 e. The Kier molecular flexibility index (Phi) is 5.64. The van der Waals surface area contributed by atoms with Crippen LogP contribution < -0.4 is 0 Å². The van der Waals surface area contributed by atoms with Gasteiger partial charge in [-0.1, -0.05) is 24.6 Å². The molecule has 4 nitrogen and oxygen atoms in total. The molecule has 37 heavy (non-hydrogen) atoms. The number of carbonyl (C=O) groups is 1. The Morgan fingerprint density at radius 1 is 1.14 bits per heavy atom. The first-order valence-corrected chi connectivity index (χ1v) is 13.1. The van der Waals surface area contributed by atoms with Crippen LogP contribution in [0.1, 0.15) is 63.4 Å². The van der Waals surface area contributed by atoms with Gasteiger partial charge in [0.05, 0.1) is 11.9 Å². The summed E-state index contributed by atoms with van der Waals surface area (Å²) in [6.07, 6.45) is 8.43. The summed E-state index contributed by atoms with van der Waals surface area (Å²) in [6.45, 7) is 2.00. The van der Waals surface area contributed by atoms with Crippen LogP contribution >= 0.6 is 0 Å². The molecule has 1 N–H and O–H groups in total. The number of benzene rings is 1. The average Bonchev–Trinajstić information content (AvgIpc) is 3.49. The van der Waals surface area contributed by atoms with Gasteiger partial charge in [-0.3, -0.25) is 4.79 Å². The second-order valence-electron chi connectivity index (χ2n) is 11.4. The molecular weight excluding hydrogens is 477 g/mol. The lowest BCUT2D eigenvalue weighted by Gasteiger charge is -2.54. The smallest absolute Gasteiger partial charge is 0.385 e. The number of nitrogens with zero attached hydrogens (tertiary/aromatic N) is 2. The van der Waals surface area contributed by atoms with Crippen LogP contribution in [-0.2, 0) is 4.79 Å². The lowest BCUT2D eigenvalue weighted by molar-refractivity contribution is -0.114. The van der Waals surface area contributed by atoms with E-state index in [2.05, 4.69) is 17.1 Å². The van der Waals surface area contributed by atoms with E-state index in [4.69, 9.17) is 0 Å². The van der Waals surface area contributed by atoms with Gasteiger partial charge in [-0.2, -0.15) is 13.2 Å². The SMILES string of the molecule is C[C@]12C[C@H](c3ccc(-n4ccnc4)cc3)C3=C4CCC(=O)C=C4CCC3C1CC[C@@]2(O)/C=C/C(F)(F)F. The molecule has 1 aromatic heterocycles. The summed E-state index contributed by atoms with van der Waals surface area (Å²) in [6, 6.07) is 8.28. The zero-order valence-corrected chi connectivity index (χ0v) is 20.8. The van der Waals surface area contributed by atoms with E-state index in [1.807, 2.05) is 35.9 Å². The van der Waals surface area contributed by atoms with Crippen molar-refractivity contribution >= 4 is 5.78 Å². The van der Waals surface area contributed by atoms with Crippen LogP contribution in [-0.4, -0.2) is 32.2 Å². The van der Waals surface area contributed by atoms with Crippen LogP contribution in [0.15, 0.2) is 77.9 Å². The molecule has 4 aliphatic rings. The molecule has 2 aromatic rings. The van der Waals surface area contributed by atoms with Crippen molar-refractivity contribution in [2.45, 2.75) is 69.6 Å². The second-order valence-corrected chi connectivity index (χ2v) is 11.4. The van der Waals surface area contributed by atoms with E-state index in [1.54, 1.807) is 12.5 Å². The van der Waals surface area contributed by atoms with Crippen molar-refractivity contribution in [2.75, 3.05) is 0 Å². The van der Waals surface area contributed by atoms with Crippen molar-refractivity contribution in [3.8, 4) is 5.69 Å². The molecule has 5 atom stereocenters. The van der Waals surface area contributed by atoms with Crippen LogP contribution in [0.4, 0.5) is 13.2 Å². The number of hydrogen-bond donors (Lipinski definition) is 1. The summed E-state index contributed by atoms with van der Waals surface area (Å²) in [5, 5.41) is 11.7. The first kappa shape index (κ1) is 24.4. The lowest BCUT2D eigenvalue weighted by atomic mass is 9.51. The Bertz CT molecular complexity index is 1310. The van der Waals surface area contributed by atoms with Gasteiger partial charge in [-0.25, -0.2) is 4.98 Å². The molecule has 0 bridgehead atoms. The number of aromatic nitrogens is 2. The Morgan fingerprint density at radius 2 is 1.92 bits per heavy atom. The van der Waals surface area contributed by atoms with Crippen molar-refractivity contribution in [2.24, 2.45) is 17.3 Å². The number of carbonyl (C=O) groups excluding carboxylic acids is 1. The fourth-order valence-electron chi connectivity index (χ4n) is 7.79. The topological polar surface area (TPSA) is 55.1 Å². The fourth-order valence-corrected chi connectivity index (χ4v) is 7.79. The number of rotatable bonds is 3. The fraction of sp³-hybridized carbons (Fsp3) is 0.467. The molecule has 2 fully saturated rings. The normalized spacial score (nSPS) is 33.8. The Labute approximate surface area is 214 Å². The summed E-state index contributed by atoms with van der Waals surface area (Å²) < 4.78 is 41.4. The molecule has 194 valence electrons. The van der Waals surface area contributed by atoms with E-state index in [-0.39, 0.29) is 29.6 Å². The van der Waals surface area contributed by atoms with Crippen molar-refractivity contribution in [3.05, 3.63) is 83.5 Å². The van der Waals surface area contributed by atoms with Gasteiger partial charge in [-0.05, 0) is 91.4 Å². The summed E-state index contributed by atoms with van der Waals surface area (Å²) in [5.74, 6) is 0.426. The number of alkyl halides is 3. The van der Waals surface area contributed by atoms with Crippen LogP contribution in [0, 0.1) is 17.3 Å². The molecule has 4 aliphatic carbocycles. The molecule has 0 radical (unpaired) electrons. The van der Waals surface area contributed by atoms with E-state index in [0.717, 1.165) is 42.2 Å². The molecule has 2 unspecified atom stereocenters. The molecule has 0 spiro atoms. The minimum atomic E-state index is -4.46. The minimum Gasteiger partial charge on any atom is -0.385 e. The molecule has 1 heterocycles.